The van der Waals surface area contributed by atoms with Gasteiger partial charge in [0.1, 0.15) is 18.1 Å². The van der Waals surface area contributed by atoms with Crippen molar-refractivity contribution >= 4 is 5.91 Å². The Morgan fingerprint density at radius 1 is 0.935 bits per heavy atom. The number of benzene rings is 2. The second-order valence-corrected chi connectivity index (χ2v) is 7.96. The fraction of sp³-hybridized carbons (Fsp3) is 0.320. The van der Waals surface area contributed by atoms with E-state index in [4.69, 9.17) is 13.9 Å². The fourth-order valence-electron chi connectivity index (χ4n) is 4.14. The number of morpholine rings is 1. The monoisotopic (exact) mass is 418 g/mol. The van der Waals surface area contributed by atoms with Crippen molar-refractivity contribution in [2.24, 2.45) is 0 Å². The number of amides is 1. The Labute approximate surface area is 182 Å². The SMILES string of the molecule is O=C(c1ccc(-c2ccco2)cc1)N1CCOc2ccc(CN3CCOCC3)cc2C1. The molecule has 2 aromatic carbocycles. The standard InChI is InChI=1S/C25H26N2O4/c28-25(21-6-4-20(5-7-21)23-2-1-12-30-23)27-11-15-31-24-8-3-19(16-22(24)18-27)17-26-9-13-29-14-10-26/h1-8,12,16H,9-11,13-15,17-18H2. The highest BCUT2D eigenvalue weighted by Crippen LogP contribution is 2.27. The van der Waals surface area contributed by atoms with Gasteiger partial charge >= 0.3 is 0 Å². The van der Waals surface area contributed by atoms with E-state index in [9.17, 15) is 4.79 Å². The number of carbonyl (C=O) groups excluding carboxylic acids is 1. The summed E-state index contributed by atoms with van der Waals surface area (Å²) < 4.78 is 16.8. The van der Waals surface area contributed by atoms with Crippen molar-refractivity contribution in [2.75, 3.05) is 39.5 Å². The average Bonchev–Trinajstić information content (AvgIpc) is 3.27. The molecule has 0 bridgehead atoms. The third kappa shape index (κ3) is 4.50. The van der Waals surface area contributed by atoms with Crippen LogP contribution in [0, 0.1) is 0 Å². The number of nitrogens with zero attached hydrogens (tertiary/aromatic N) is 2. The van der Waals surface area contributed by atoms with Crippen molar-refractivity contribution in [3.05, 3.63) is 77.6 Å². The van der Waals surface area contributed by atoms with Gasteiger partial charge < -0.3 is 18.8 Å². The Kier molecular flexibility index (Phi) is 5.74. The predicted molar refractivity (Wildman–Crippen MR) is 117 cm³/mol. The Morgan fingerprint density at radius 2 is 1.77 bits per heavy atom. The van der Waals surface area contributed by atoms with E-state index in [1.165, 1.54) is 5.56 Å². The molecule has 0 N–H and O–H groups in total. The van der Waals surface area contributed by atoms with E-state index in [2.05, 4.69) is 17.0 Å². The van der Waals surface area contributed by atoms with Crippen LogP contribution in [-0.2, 0) is 17.8 Å². The molecular weight excluding hydrogens is 392 g/mol. The normalized spacial score (nSPS) is 17.0. The van der Waals surface area contributed by atoms with Gasteiger partial charge in [0.15, 0.2) is 0 Å². The largest absolute Gasteiger partial charge is 0.491 e. The van der Waals surface area contributed by atoms with E-state index in [1.54, 1.807) is 6.26 Å². The summed E-state index contributed by atoms with van der Waals surface area (Å²) in [5.41, 5.74) is 3.92. The highest BCUT2D eigenvalue weighted by atomic mass is 16.5. The van der Waals surface area contributed by atoms with E-state index in [-0.39, 0.29) is 5.91 Å². The van der Waals surface area contributed by atoms with Crippen LogP contribution < -0.4 is 4.74 Å². The van der Waals surface area contributed by atoms with Crippen LogP contribution in [0.15, 0.2) is 65.3 Å². The van der Waals surface area contributed by atoms with E-state index in [1.807, 2.05) is 47.4 Å². The number of hydrogen-bond donors (Lipinski definition) is 0. The second kappa shape index (κ2) is 8.96. The van der Waals surface area contributed by atoms with Crippen LogP contribution in [0.1, 0.15) is 21.5 Å². The maximum absolute atomic E-state index is 13.2. The molecule has 0 atom stereocenters. The van der Waals surface area contributed by atoms with E-state index < -0.39 is 0 Å². The Bertz CT molecular complexity index is 1020. The molecule has 0 unspecified atom stereocenters. The van der Waals surface area contributed by atoms with Crippen LogP contribution in [0.3, 0.4) is 0 Å². The van der Waals surface area contributed by atoms with Gasteiger partial charge in [-0.15, -0.1) is 0 Å². The van der Waals surface area contributed by atoms with Gasteiger partial charge in [-0.1, -0.05) is 18.2 Å². The molecule has 0 spiro atoms. The van der Waals surface area contributed by atoms with Crippen molar-refractivity contribution in [3.8, 4) is 17.1 Å². The van der Waals surface area contributed by atoms with Crippen LogP contribution in [0.25, 0.3) is 11.3 Å². The van der Waals surface area contributed by atoms with Crippen LogP contribution in [-0.4, -0.2) is 55.2 Å². The highest BCUT2D eigenvalue weighted by molar-refractivity contribution is 5.94. The summed E-state index contributed by atoms with van der Waals surface area (Å²) in [6.45, 7) is 5.96. The molecule has 1 fully saturated rings. The minimum Gasteiger partial charge on any atom is -0.491 e. The third-order valence-electron chi connectivity index (χ3n) is 5.84. The van der Waals surface area contributed by atoms with Gasteiger partial charge in [-0.2, -0.15) is 0 Å². The van der Waals surface area contributed by atoms with E-state index in [0.29, 0.717) is 25.3 Å². The maximum Gasteiger partial charge on any atom is 0.254 e. The lowest BCUT2D eigenvalue weighted by molar-refractivity contribution is 0.0341. The van der Waals surface area contributed by atoms with Crippen molar-refractivity contribution in [1.29, 1.82) is 0 Å². The molecule has 31 heavy (non-hydrogen) atoms. The van der Waals surface area contributed by atoms with Crippen molar-refractivity contribution in [2.45, 2.75) is 13.1 Å². The van der Waals surface area contributed by atoms with Crippen LogP contribution >= 0.6 is 0 Å². The zero-order chi connectivity index (χ0) is 21.0. The van der Waals surface area contributed by atoms with Crippen molar-refractivity contribution < 1.29 is 18.7 Å². The predicted octanol–water partition coefficient (Wildman–Crippen LogP) is 3.81. The molecule has 3 aromatic rings. The van der Waals surface area contributed by atoms with Crippen LogP contribution in [0.2, 0.25) is 0 Å². The minimum atomic E-state index is 0.0148. The van der Waals surface area contributed by atoms with Gasteiger partial charge in [0, 0.05) is 42.9 Å². The van der Waals surface area contributed by atoms with Crippen LogP contribution in [0.4, 0.5) is 0 Å². The first-order valence-corrected chi connectivity index (χ1v) is 10.7. The molecule has 1 amide bonds. The quantitative estimate of drug-likeness (QED) is 0.645. The fourth-order valence-corrected chi connectivity index (χ4v) is 4.14. The average molecular weight is 418 g/mol. The first-order valence-electron chi connectivity index (χ1n) is 10.7. The lowest BCUT2D eigenvalue weighted by Crippen LogP contribution is -2.35. The molecule has 1 saturated heterocycles. The molecule has 3 heterocycles. The number of carbonyl (C=O) groups is 1. The molecule has 2 aliphatic heterocycles. The van der Waals surface area contributed by atoms with Crippen molar-refractivity contribution in [1.82, 2.24) is 9.80 Å². The van der Waals surface area contributed by atoms with Crippen molar-refractivity contribution in [3.63, 3.8) is 0 Å². The molecular formula is C25H26N2O4. The summed E-state index contributed by atoms with van der Waals surface area (Å²) in [5, 5.41) is 0. The molecule has 6 heteroatoms. The van der Waals surface area contributed by atoms with Gasteiger partial charge in [-0.25, -0.2) is 0 Å². The number of hydrogen-bond acceptors (Lipinski definition) is 5. The van der Waals surface area contributed by atoms with Crippen LogP contribution in [0.5, 0.6) is 5.75 Å². The number of rotatable bonds is 4. The Hall–Kier alpha value is -3.09. The lowest BCUT2D eigenvalue weighted by Gasteiger charge is -2.27. The minimum absolute atomic E-state index is 0.0148. The zero-order valence-electron chi connectivity index (χ0n) is 17.5. The molecule has 5 rings (SSSR count). The van der Waals surface area contributed by atoms with E-state index >= 15 is 0 Å². The summed E-state index contributed by atoms with van der Waals surface area (Å²) >= 11 is 0. The second-order valence-electron chi connectivity index (χ2n) is 7.96. The Balaban J connectivity index is 1.31. The highest BCUT2D eigenvalue weighted by Gasteiger charge is 2.22. The lowest BCUT2D eigenvalue weighted by atomic mass is 10.1. The van der Waals surface area contributed by atoms with Gasteiger partial charge in [0.2, 0.25) is 0 Å². The molecule has 0 aliphatic carbocycles. The zero-order valence-corrected chi connectivity index (χ0v) is 17.5. The molecule has 6 nitrogen and oxygen atoms in total. The summed E-state index contributed by atoms with van der Waals surface area (Å²) in [4.78, 5) is 17.4. The van der Waals surface area contributed by atoms with Gasteiger partial charge in [0.25, 0.3) is 5.91 Å². The number of ether oxygens (including phenoxy) is 2. The molecule has 0 saturated carbocycles. The molecule has 2 aliphatic rings. The first kappa shape index (κ1) is 19.8. The first-order chi connectivity index (χ1) is 15.3. The molecule has 1 aromatic heterocycles. The van der Waals surface area contributed by atoms with Gasteiger partial charge in [0.05, 0.1) is 26.0 Å². The summed E-state index contributed by atoms with van der Waals surface area (Å²) in [7, 11) is 0. The third-order valence-corrected chi connectivity index (χ3v) is 5.84. The summed E-state index contributed by atoms with van der Waals surface area (Å²) in [6, 6.07) is 17.7. The molecule has 160 valence electrons. The summed E-state index contributed by atoms with van der Waals surface area (Å²) in [5.74, 6) is 1.68. The maximum atomic E-state index is 13.2. The smallest absolute Gasteiger partial charge is 0.254 e. The topological polar surface area (TPSA) is 55.2 Å². The van der Waals surface area contributed by atoms with E-state index in [0.717, 1.165) is 55.5 Å². The molecule has 0 radical (unpaired) electrons. The van der Waals surface area contributed by atoms with Gasteiger partial charge in [-0.05, 0) is 42.0 Å². The summed E-state index contributed by atoms with van der Waals surface area (Å²) in [6.07, 6.45) is 1.65. The number of fused-ring (bicyclic) bond motifs is 1. The van der Waals surface area contributed by atoms with Gasteiger partial charge in [-0.3, -0.25) is 9.69 Å². The Morgan fingerprint density at radius 3 is 2.55 bits per heavy atom. The number of furan rings is 1.